The molecule has 0 saturated carbocycles. The number of esters is 1. The Hall–Kier alpha value is -2.29. The third-order valence-electron chi connectivity index (χ3n) is 3.59. The van der Waals surface area contributed by atoms with Crippen LogP contribution in [0.5, 0.6) is 11.5 Å². The molecule has 0 unspecified atom stereocenters. The number of rotatable bonds is 5. The molecule has 2 aromatic carbocycles. The van der Waals surface area contributed by atoms with Gasteiger partial charge in [0.1, 0.15) is 11.5 Å². The van der Waals surface area contributed by atoms with E-state index in [0.29, 0.717) is 5.75 Å². The van der Waals surface area contributed by atoms with Gasteiger partial charge in [0.15, 0.2) is 0 Å². The molecule has 0 spiro atoms. The Morgan fingerprint density at radius 3 is 1.90 bits per heavy atom. The standard InChI is InChI=1S/C18H20O3/c1-3-13(4-2)18(20)21-17-11-7-15(8-12-17)14-5-9-16(19)10-6-14/h5-13,19H,3-4H2,1-2H3. The first-order chi connectivity index (χ1) is 10.1. The number of carbonyl (C=O) groups excluding carboxylic acids is 1. The van der Waals surface area contributed by atoms with Crippen LogP contribution in [0.1, 0.15) is 26.7 Å². The second-order valence-electron chi connectivity index (χ2n) is 5.01. The van der Waals surface area contributed by atoms with E-state index >= 15 is 0 Å². The lowest BCUT2D eigenvalue weighted by atomic mass is 10.0. The van der Waals surface area contributed by atoms with Gasteiger partial charge < -0.3 is 9.84 Å². The first-order valence-corrected chi connectivity index (χ1v) is 7.25. The summed E-state index contributed by atoms with van der Waals surface area (Å²) < 4.78 is 5.39. The van der Waals surface area contributed by atoms with Crippen LogP contribution in [-0.4, -0.2) is 11.1 Å². The van der Waals surface area contributed by atoms with Crippen molar-refractivity contribution in [1.29, 1.82) is 0 Å². The van der Waals surface area contributed by atoms with Crippen LogP contribution in [0.25, 0.3) is 11.1 Å². The van der Waals surface area contributed by atoms with Crippen molar-refractivity contribution in [3.63, 3.8) is 0 Å². The van der Waals surface area contributed by atoms with Crippen molar-refractivity contribution >= 4 is 5.97 Å². The molecule has 0 heterocycles. The predicted molar refractivity (Wildman–Crippen MR) is 83.2 cm³/mol. The van der Waals surface area contributed by atoms with Crippen LogP contribution in [0.3, 0.4) is 0 Å². The number of aromatic hydroxyl groups is 1. The fourth-order valence-electron chi connectivity index (χ4n) is 2.19. The number of ether oxygens (including phenoxy) is 1. The topological polar surface area (TPSA) is 46.5 Å². The number of hydrogen-bond donors (Lipinski definition) is 1. The van der Waals surface area contributed by atoms with Gasteiger partial charge in [0.25, 0.3) is 0 Å². The largest absolute Gasteiger partial charge is 0.508 e. The lowest BCUT2D eigenvalue weighted by Gasteiger charge is -2.12. The summed E-state index contributed by atoms with van der Waals surface area (Å²) in [6.07, 6.45) is 1.59. The monoisotopic (exact) mass is 284 g/mol. The molecule has 2 rings (SSSR count). The van der Waals surface area contributed by atoms with Gasteiger partial charge in [-0.3, -0.25) is 4.79 Å². The van der Waals surface area contributed by atoms with Crippen LogP contribution in [0, 0.1) is 5.92 Å². The molecule has 0 aliphatic heterocycles. The molecular formula is C18H20O3. The highest BCUT2D eigenvalue weighted by Crippen LogP contribution is 2.24. The molecule has 0 amide bonds. The average molecular weight is 284 g/mol. The minimum Gasteiger partial charge on any atom is -0.508 e. The lowest BCUT2D eigenvalue weighted by Crippen LogP contribution is -2.19. The van der Waals surface area contributed by atoms with Crippen LogP contribution in [-0.2, 0) is 4.79 Å². The van der Waals surface area contributed by atoms with Gasteiger partial charge in [0.2, 0.25) is 0 Å². The minimum absolute atomic E-state index is 0.0400. The number of phenolic OH excluding ortho intramolecular Hbond substituents is 1. The number of phenols is 1. The summed E-state index contributed by atoms with van der Waals surface area (Å²) in [5, 5.41) is 9.29. The SMILES string of the molecule is CCC(CC)C(=O)Oc1ccc(-c2ccc(O)cc2)cc1. The van der Waals surface area contributed by atoms with E-state index in [-0.39, 0.29) is 17.6 Å². The molecule has 3 heteroatoms. The lowest BCUT2D eigenvalue weighted by molar-refractivity contribution is -0.139. The molecule has 2 aromatic rings. The third-order valence-corrected chi connectivity index (χ3v) is 3.59. The fraction of sp³-hybridized carbons (Fsp3) is 0.278. The molecular weight excluding hydrogens is 264 g/mol. The molecule has 110 valence electrons. The smallest absolute Gasteiger partial charge is 0.314 e. The highest BCUT2D eigenvalue weighted by atomic mass is 16.5. The predicted octanol–water partition coefficient (Wildman–Crippen LogP) is 4.40. The fourth-order valence-corrected chi connectivity index (χ4v) is 2.19. The van der Waals surface area contributed by atoms with Crippen LogP contribution in [0.15, 0.2) is 48.5 Å². The maximum Gasteiger partial charge on any atom is 0.314 e. The van der Waals surface area contributed by atoms with Gasteiger partial charge in [0.05, 0.1) is 5.92 Å². The maximum atomic E-state index is 11.9. The highest BCUT2D eigenvalue weighted by Gasteiger charge is 2.16. The number of hydrogen-bond acceptors (Lipinski definition) is 3. The normalized spacial score (nSPS) is 10.6. The molecule has 0 saturated heterocycles. The Morgan fingerprint density at radius 2 is 1.43 bits per heavy atom. The van der Waals surface area contributed by atoms with Crippen LogP contribution in [0.4, 0.5) is 0 Å². The van der Waals surface area contributed by atoms with Crippen LogP contribution >= 0.6 is 0 Å². The molecule has 0 fully saturated rings. The molecule has 0 atom stereocenters. The Morgan fingerprint density at radius 1 is 0.952 bits per heavy atom. The molecule has 3 nitrogen and oxygen atoms in total. The van der Waals surface area contributed by atoms with Crippen molar-refractivity contribution in [3.8, 4) is 22.6 Å². The zero-order chi connectivity index (χ0) is 15.2. The second-order valence-corrected chi connectivity index (χ2v) is 5.01. The molecule has 0 aliphatic carbocycles. The first-order valence-electron chi connectivity index (χ1n) is 7.25. The summed E-state index contributed by atoms with van der Waals surface area (Å²) in [7, 11) is 0. The molecule has 1 N–H and O–H groups in total. The van der Waals surface area contributed by atoms with E-state index in [0.717, 1.165) is 24.0 Å². The van der Waals surface area contributed by atoms with E-state index in [1.165, 1.54) is 0 Å². The van der Waals surface area contributed by atoms with E-state index in [1.54, 1.807) is 24.3 Å². The van der Waals surface area contributed by atoms with Gasteiger partial charge in [-0.05, 0) is 48.2 Å². The van der Waals surface area contributed by atoms with Crippen LogP contribution in [0.2, 0.25) is 0 Å². The quantitative estimate of drug-likeness (QED) is 0.654. The van der Waals surface area contributed by atoms with Crippen molar-refractivity contribution in [2.45, 2.75) is 26.7 Å². The van der Waals surface area contributed by atoms with Gasteiger partial charge in [-0.2, -0.15) is 0 Å². The van der Waals surface area contributed by atoms with Crippen molar-refractivity contribution in [2.75, 3.05) is 0 Å². The van der Waals surface area contributed by atoms with E-state index in [9.17, 15) is 9.90 Å². The Kier molecular flexibility index (Phi) is 4.99. The Balaban J connectivity index is 2.08. The summed E-state index contributed by atoms with van der Waals surface area (Å²) in [6, 6.07) is 14.4. The summed E-state index contributed by atoms with van der Waals surface area (Å²) in [6.45, 7) is 3.98. The van der Waals surface area contributed by atoms with Crippen molar-refractivity contribution in [2.24, 2.45) is 5.92 Å². The number of benzene rings is 2. The second kappa shape index (κ2) is 6.93. The van der Waals surface area contributed by atoms with Gasteiger partial charge >= 0.3 is 5.97 Å². The zero-order valence-corrected chi connectivity index (χ0v) is 12.4. The van der Waals surface area contributed by atoms with Gasteiger partial charge in [-0.25, -0.2) is 0 Å². The summed E-state index contributed by atoms with van der Waals surface area (Å²) in [4.78, 5) is 11.9. The molecule has 0 aliphatic rings. The third kappa shape index (κ3) is 3.85. The van der Waals surface area contributed by atoms with E-state index in [4.69, 9.17) is 4.74 Å². The van der Waals surface area contributed by atoms with Crippen molar-refractivity contribution in [1.82, 2.24) is 0 Å². The van der Waals surface area contributed by atoms with Gasteiger partial charge in [-0.15, -0.1) is 0 Å². The van der Waals surface area contributed by atoms with Crippen molar-refractivity contribution in [3.05, 3.63) is 48.5 Å². The van der Waals surface area contributed by atoms with E-state index < -0.39 is 0 Å². The minimum atomic E-state index is -0.169. The molecule has 0 bridgehead atoms. The van der Waals surface area contributed by atoms with Gasteiger partial charge in [-0.1, -0.05) is 38.1 Å². The summed E-state index contributed by atoms with van der Waals surface area (Å²) in [5.74, 6) is 0.600. The van der Waals surface area contributed by atoms with Crippen LogP contribution < -0.4 is 4.74 Å². The van der Waals surface area contributed by atoms with E-state index in [2.05, 4.69) is 0 Å². The van der Waals surface area contributed by atoms with E-state index in [1.807, 2.05) is 38.1 Å². The maximum absolute atomic E-state index is 11.9. The molecule has 0 aromatic heterocycles. The Bertz CT molecular complexity index is 581. The Labute approximate surface area is 125 Å². The number of carbonyl (C=O) groups is 1. The zero-order valence-electron chi connectivity index (χ0n) is 12.4. The summed E-state index contributed by atoms with van der Waals surface area (Å²) >= 11 is 0. The van der Waals surface area contributed by atoms with Gasteiger partial charge in [0, 0.05) is 0 Å². The molecule has 21 heavy (non-hydrogen) atoms. The van der Waals surface area contributed by atoms with Crippen molar-refractivity contribution < 1.29 is 14.6 Å². The summed E-state index contributed by atoms with van der Waals surface area (Å²) in [5.41, 5.74) is 2.02. The molecule has 0 radical (unpaired) electrons. The highest BCUT2D eigenvalue weighted by molar-refractivity contribution is 5.75. The first kappa shape index (κ1) is 15.1. The average Bonchev–Trinajstić information content (AvgIpc) is 2.50.